The standard InChI is InChI=1S/C54H63N5O10/c1-35(2)30-37-12-14-38(15-13-37)36(3)51(63)57-29-28-56-49(62)26-16-39-33-59(53(65)58-52(39)64)50-32-40(31-44(60)21-27-48(61)55-4)47(69-50)34-68-54(41-10-8-7-9-11-41,42-17-22-45(66-5)23-18-42)43-19-24-46(67-6)25-20-43/h7-20,22-26,33,35-36,40,47,50H,21,27-32,34H2,1-6H3,(H,55,61)(H,56,62)(H,57,63)(H,58,64,65)/b26-16+/t36-,40?,47+,50+/m0/s1. The van der Waals surface area contributed by atoms with Crippen LogP contribution in [0.3, 0.4) is 0 Å². The summed E-state index contributed by atoms with van der Waals surface area (Å²) >= 11 is 0. The van der Waals surface area contributed by atoms with E-state index < -0.39 is 41.0 Å². The Hall–Kier alpha value is -7.10. The van der Waals surface area contributed by atoms with Gasteiger partial charge in [-0.2, -0.15) is 0 Å². The quantitative estimate of drug-likeness (QED) is 0.0333. The van der Waals surface area contributed by atoms with E-state index in [4.69, 9.17) is 18.9 Å². The molecule has 6 rings (SSSR count). The third-order valence-electron chi connectivity index (χ3n) is 12.4. The average molecular weight is 942 g/mol. The summed E-state index contributed by atoms with van der Waals surface area (Å²) in [7, 11) is 4.69. The molecular formula is C54H63N5O10. The highest BCUT2D eigenvalue weighted by Crippen LogP contribution is 2.44. The number of aromatic nitrogens is 2. The van der Waals surface area contributed by atoms with E-state index in [1.165, 1.54) is 35.5 Å². The fraction of sp³-hybridized carbons (Fsp3) is 0.370. The van der Waals surface area contributed by atoms with Gasteiger partial charge in [-0.15, -0.1) is 0 Å². The Morgan fingerprint density at radius 2 is 1.42 bits per heavy atom. The summed E-state index contributed by atoms with van der Waals surface area (Å²) in [4.78, 5) is 80.2. The van der Waals surface area contributed by atoms with Crippen LogP contribution in [0.1, 0.15) is 92.0 Å². The first-order valence-corrected chi connectivity index (χ1v) is 23.3. The Labute approximate surface area is 402 Å². The number of hydrogen-bond donors (Lipinski definition) is 4. The van der Waals surface area contributed by atoms with Gasteiger partial charge in [-0.3, -0.25) is 33.5 Å². The van der Waals surface area contributed by atoms with Crippen LogP contribution < -0.4 is 36.7 Å². The van der Waals surface area contributed by atoms with E-state index in [1.54, 1.807) is 14.2 Å². The fourth-order valence-electron chi connectivity index (χ4n) is 8.55. The molecule has 1 fully saturated rings. The molecule has 2 heterocycles. The highest BCUT2D eigenvalue weighted by atomic mass is 16.6. The first-order chi connectivity index (χ1) is 33.2. The van der Waals surface area contributed by atoms with Gasteiger partial charge in [0.25, 0.3) is 5.56 Å². The summed E-state index contributed by atoms with van der Waals surface area (Å²) < 4.78 is 26.0. The van der Waals surface area contributed by atoms with E-state index >= 15 is 0 Å². The monoisotopic (exact) mass is 941 g/mol. The number of rotatable bonds is 23. The van der Waals surface area contributed by atoms with Gasteiger partial charge in [-0.25, -0.2) is 4.79 Å². The number of amides is 3. The Morgan fingerprint density at radius 1 is 0.812 bits per heavy atom. The van der Waals surface area contributed by atoms with Gasteiger partial charge in [0.1, 0.15) is 29.1 Å². The van der Waals surface area contributed by atoms with Crippen molar-refractivity contribution in [2.75, 3.05) is 41.0 Å². The average Bonchev–Trinajstić information content (AvgIpc) is 3.76. The van der Waals surface area contributed by atoms with Gasteiger partial charge in [-0.05, 0) is 89.8 Å². The molecule has 1 aliphatic rings. The van der Waals surface area contributed by atoms with Crippen molar-refractivity contribution in [3.63, 3.8) is 0 Å². The molecule has 3 amide bonds. The van der Waals surface area contributed by atoms with E-state index in [0.717, 1.165) is 28.7 Å². The number of methoxy groups -OCH3 is 2. The number of ether oxygens (including phenoxy) is 4. The molecular weight excluding hydrogens is 879 g/mol. The van der Waals surface area contributed by atoms with Crippen molar-refractivity contribution in [1.82, 2.24) is 25.5 Å². The lowest BCUT2D eigenvalue weighted by atomic mass is 9.80. The Kier molecular flexibility index (Phi) is 18.0. The Bertz CT molecular complexity index is 2610. The van der Waals surface area contributed by atoms with Gasteiger partial charge < -0.3 is 34.9 Å². The van der Waals surface area contributed by atoms with Gasteiger partial charge in [0, 0.05) is 51.7 Å². The van der Waals surface area contributed by atoms with Crippen LogP contribution in [0.15, 0.2) is 125 Å². The summed E-state index contributed by atoms with van der Waals surface area (Å²) in [5, 5.41) is 8.11. The molecule has 0 aliphatic carbocycles. The van der Waals surface area contributed by atoms with Crippen LogP contribution in [0.4, 0.5) is 0 Å². The van der Waals surface area contributed by atoms with Gasteiger partial charge in [0.05, 0.1) is 38.4 Å². The number of carbonyl (C=O) groups excluding carboxylic acids is 4. The summed E-state index contributed by atoms with van der Waals surface area (Å²) in [6.07, 6.45) is 3.29. The molecule has 0 spiro atoms. The Balaban J connectivity index is 1.20. The number of aromatic amines is 1. The lowest BCUT2D eigenvalue weighted by molar-refractivity contribution is -0.126. The van der Waals surface area contributed by atoms with Crippen molar-refractivity contribution < 1.29 is 38.1 Å². The van der Waals surface area contributed by atoms with Gasteiger partial charge in [0.15, 0.2) is 0 Å². The van der Waals surface area contributed by atoms with Crippen LogP contribution in [0.25, 0.3) is 6.08 Å². The maximum Gasteiger partial charge on any atom is 0.330 e. The van der Waals surface area contributed by atoms with Crippen LogP contribution in [-0.4, -0.2) is 80.1 Å². The van der Waals surface area contributed by atoms with Crippen LogP contribution in [0.5, 0.6) is 11.5 Å². The summed E-state index contributed by atoms with van der Waals surface area (Å²) in [6, 6.07) is 32.8. The molecule has 15 nitrogen and oxygen atoms in total. The zero-order valence-corrected chi connectivity index (χ0v) is 40.1. The van der Waals surface area contributed by atoms with E-state index in [1.807, 2.05) is 110 Å². The van der Waals surface area contributed by atoms with Gasteiger partial charge in [-0.1, -0.05) is 92.7 Å². The molecule has 364 valence electrons. The normalized spacial score (nSPS) is 16.2. The molecule has 15 heteroatoms. The molecule has 69 heavy (non-hydrogen) atoms. The predicted octanol–water partition coefficient (Wildman–Crippen LogP) is 6.20. The SMILES string of the molecule is CNC(=O)CCC(=O)CC1C[C@H](n2cc(/C=C/C(=O)NCCNC(=O)[C@@H](C)c3ccc(CC(C)C)cc3)c(=O)[nH]c2=O)O[C@@H]1COC(c1ccccc1)(c1ccc(OC)cc1)c1ccc(OC)cc1. The molecule has 4 aromatic carbocycles. The highest BCUT2D eigenvalue weighted by molar-refractivity contribution is 5.91. The van der Waals surface area contributed by atoms with E-state index in [9.17, 15) is 28.8 Å². The zero-order chi connectivity index (χ0) is 49.5. The minimum Gasteiger partial charge on any atom is -0.497 e. The lowest BCUT2D eigenvalue weighted by Crippen LogP contribution is -2.37. The Morgan fingerprint density at radius 3 is 2.01 bits per heavy atom. The number of nitrogens with zero attached hydrogens (tertiary/aromatic N) is 1. The third-order valence-corrected chi connectivity index (χ3v) is 12.4. The molecule has 1 aromatic heterocycles. The van der Waals surface area contributed by atoms with Crippen molar-refractivity contribution >= 4 is 29.6 Å². The molecule has 1 unspecified atom stereocenters. The molecule has 5 aromatic rings. The van der Waals surface area contributed by atoms with Crippen LogP contribution >= 0.6 is 0 Å². The topological polar surface area (TPSA) is 196 Å². The highest BCUT2D eigenvalue weighted by Gasteiger charge is 2.43. The number of benzene rings is 4. The maximum absolute atomic E-state index is 13.5. The van der Waals surface area contributed by atoms with Crippen LogP contribution in [0.2, 0.25) is 0 Å². The smallest absolute Gasteiger partial charge is 0.330 e. The van der Waals surface area contributed by atoms with Gasteiger partial charge >= 0.3 is 5.69 Å². The van der Waals surface area contributed by atoms with E-state index in [-0.39, 0.29) is 74.5 Å². The van der Waals surface area contributed by atoms with Crippen molar-refractivity contribution in [3.8, 4) is 11.5 Å². The van der Waals surface area contributed by atoms with Gasteiger partial charge in [0.2, 0.25) is 17.7 Å². The molecule has 0 bridgehead atoms. The molecule has 1 saturated heterocycles. The second-order valence-electron chi connectivity index (χ2n) is 17.6. The van der Waals surface area contributed by atoms with E-state index in [0.29, 0.717) is 17.4 Å². The fourth-order valence-corrected chi connectivity index (χ4v) is 8.55. The summed E-state index contributed by atoms with van der Waals surface area (Å²) in [6.45, 7) is 6.42. The van der Waals surface area contributed by atoms with Crippen molar-refractivity contribution in [3.05, 3.63) is 170 Å². The molecule has 4 N–H and O–H groups in total. The number of hydrogen-bond acceptors (Lipinski definition) is 10. The molecule has 0 saturated carbocycles. The summed E-state index contributed by atoms with van der Waals surface area (Å²) in [5.41, 5.74) is 1.81. The summed E-state index contributed by atoms with van der Waals surface area (Å²) in [5.74, 6) is -0.143. The lowest BCUT2D eigenvalue weighted by Gasteiger charge is -2.37. The van der Waals surface area contributed by atoms with Crippen molar-refractivity contribution in [2.24, 2.45) is 11.8 Å². The second kappa shape index (κ2) is 24.3. The number of carbonyl (C=O) groups is 4. The predicted molar refractivity (Wildman–Crippen MR) is 263 cm³/mol. The minimum absolute atomic E-state index is 0.00817. The number of Topliss-reactive ketones (excluding diaryl/α,β-unsaturated/α-hetero) is 1. The zero-order valence-electron chi connectivity index (χ0n) is 40.1. The first-order valence-electron chi connectivity index (χ1n) is 23.3. The van der Waals surface area contributed by atoms with Crippen LogP contribution in [0, 0.1) is 11.8 Å². The van der Waals surface area contributed by atoms with Crippen molar-refractivity contribution in [1.29, 1.82) is 0 Å². The first kappa shape index (κ1) is 51.3. The minimum atomic E-state index is -1.22. The number of nitrogens with one attached hydrogen (secondary N) is 4. The largest absolute Gasteiger partial charge is 0.497 e. The number of ketones is 1. The molecule has 0 radical (unpaired) electrons. The number of H-pyrrole nitrogens is 1. The molecule has 4 atom stereocenters. The second-order valence-corrected chi connectivity index (χ2v) is 17.6. The maximum atomic E-state index is 13.5. The molecule has 1 aliphatic heterocycles. The van der Waals surface area contributed by atoms with E-state index in [2.05, 4.69) is 34.8 Å². The van der Waals surface area contributed by atoms with Crippen LogP contribution in [-0.2, 0) is 40.7 Å². The third kappa shape index (κ3) is 13.3. The van der Waals surface area contributed by atoms with Crippen molar-refractivity contribution in [2.45, 2.75) is 76.7 Å².